The normalized spacial score (nSPS) is 10.5. The second-order valence-electron chi connectivity index (χ2n) is 6.21. The number of thiazole rings is 1. The highest BCUT2D eigenvalue weighted by Gasteiger charge is 2.21. The van der Waals surface area contributed by atoms with E-state index in [9.17, 15) is 14.4 Å². The van der Waals surface area contributed by atoms with Gasteiger partial charge in [0.25, 0.3) is 5.91 Å². The number of benzene rings is 1. The lowest BCUT2D eigenvalue weighted by molar-refractivity contribution is -0.119. The highest BCUT2D eigenvalue weighted by atomic mass is 32.1. The molecule has 1 amide bonds. The first-order chi connectivity index (χ1) is 14.4. The molecular formula is C21H20N2O5S2. The van der Waals surface area contributed by atoms with Gasteiger partial charge in [0.2, 0.25) is 0 Å². The third-order valence-corrected chi connectivity index (χ3v) is 6.17. The molecule has 0 aliphatic heterocycles. The van der Waals surface area contributed by atoms with Crippen LogP contribution < -0.4 is 5.32 Å². The summed E-state index contributed by atoms with van der Waals surface area (Å²) in [5, 5.41) is 3.39. The van der Waals surface area contributed by atoms with Crippen LogP contribution in [0.2, 0.25) is 0 Å². The zero-order valence-corrected chi connectivity index (χ0v) is 18.3. The maximum absolute atomic E-state index is 12.4. The van der Waals surface area contributed by atoms with Crippen molar-refractivity contribution < 1.29 is 23.9 Å². The molecule has 0 saturated heterocycles. The minimum Gasteiger partial charge on any atom is -0.462 e. The van der Waals surface area contributed by atoms with Gasteiger partial charge >= 0.3 is 11.9 Å². The second-order valence-corrected chi connectivity index (χ2v) is 8.47. The van der Waals surface area contributed by atoms with Gasteiger partial charge in [0.15, 0.2) is 6.61 Å². The fourth-order valence-electron chi connectivity index (χ4n) is 2.68. The molecule has 3 aromatic rings. The van der Waals surface area contributed by atoms with E-state index >= 15 is 0 Å². The van der Waals surface area contributed by atoms with Crippen molar-refractivity contribution in [3.8, 4) is 10.4 Å². The summed E-state index contributed by atoms with van der Waals surface area (Å²) < 4.78 is 10.2. The number of aryl methyl sites for hydroxylation is 2. The molecule has 0 aliphatic rings. The van der Waals surface area contributed by atoms with Gasteiger partial charge < -0.3 is 14.8 Å². The van der Waals surface area contributed by atoms with E-state index in [0.29, 0.717) is 16.3 Å². The van der Waals surface area contributed by atoms with Crippen LogP contribution in [0.5, 0.6) is 0 Å². The Kier molecular flexibility index (Phi) is 6.96. The van der Waals surface area contributed by atoms with Crippen molar-refractivity contribution >= 4 is 46.2 Å². The first-order valence-electron chi connectivity index (χ1n) is 9.16. The van der Waals surface area contributed by atoms with Gasteiger partial charge in [-0.05, 0) is 32.4 Å². The number of thiophene rings is 1. The van der Waals surface area contributed by atoms with E-state index in [1.54, 1.807) is 26.8 Å². The Labute approximate surface area is 181 Å². The molecule has 156 valence electrons. The number of anilines is 1. The second kappa shape index (κ2) is 9.64. The Morgan fingerprint density at radius 2 is 1.70 bits per heavy atom. The molecule has 9 heteroatoms. The van der Waals surface area contributed by atoms with E-state index in [0.717, 1.165) is 15.4 Å². The number of hydrogen-bond donors (Lipinski definition) is 1. The van der Waals surface area contributed by atoms with Crippen molar-refractivity contribution in [2.75, 3.05) is 18.5 Å². The molecule has 0 spiro atoms. The molecule has 0 radical (unpaired) electrons. The van der Waals surface area contributed by atoms with Crippen molar-refractivity contribution in [2.45, 2.75) is 20.8 Å². The molecule has 2 aromatic heterocycles. The number of aromatic nitrogens is 1. The zero-order valence-electron chi connectivity index (χ0n) is 16.7. The smallest absolute Gasteiger partial charge is 0.350 e. The van der Waals surface area contributed by atoms with Crippen LogP contribution in [0.3, 0.4) is 0 Å². The number of esters is 2. The topological polar surface area (TPSA) is 94.6 Å². The molecule has 0 aliphatic carbocycles. The lowest BCUT2D eigenvalue weighted by Crippen LogP contribution is -2.21. The molecular weight excluding hydrogens is 424 g/mol. The lowest BCUT2D eigenvalue weighted by Gasteiger charge is -2.07. The van der Waals surface area contributed by atoms with Crippen LogP contribution in [0.4, 0.5) is 5.69 Å². The molecule has 0 fully saturated rings. The van der Waals surface area contributed by atoms with E-state index in [-0.39, 0.29) is 11.5 Å². The number of carbonyl (C=O) groups is 3. The van der Waals surface area contributed by atoms with Gasteiger partial charge in [0, 0.05) is 4.88 Å². The third kappa shape index (κ3) is 5.11. The van der Waals surface area contributed by atoms with Crippen molar-refractivity contribution in [3.05, 3.63) is 56.9 Å². The largest absolute Gasteiger partial charge is 0.462 e. The fraction of sp³-hybridized carbons (Fsp3) is 0.238. The number of carbonyl (C=O) groups excluding carboxylic acids is 3. The van der Waals surface area contributed by atoms with Gasteiger partial charge in [-0.2, -0.15) is 0 Å². The molecule has 2 heterocycles. The van der Waals surface area contributed by atoms with E-state index < -0.39 is 24.5 Å². The number of ether oxygens (including phenoxy) is 2. The van der Waals surface area contributed by atoms with E-state index in [1.165, 1.54) is 22.7 Å². The Hall–Kier alpha value is -3.04. The molecule has 0 saturated carbocycles. The highest BCUT2D eigenvalue weighted by Crippen LogP contribution is 2.35. The van der Waals surface area contributed by atoms with Crippen molar-refractivity contribution in [1.29, 1.82) is 0 Å². The number of amides is 1. The molecule has 7 nitrogen and oxygen atoms in total. The van der Waals surface area contributed by atoms with Gasteiger partial charge in [-0.1, -0.05) is 30.3 Å². The average Bonchev–Trinajstić information content (AvgIpc) is 3.29. The van der Waals surface area contributed by atoms with Crippen molar-refractivity contribution in [1.82, 2.24) is 4.98 Å². The molecule has 0 atom stereocenters. The van der Waals surface area contributed by atoms with Crippen LogP contribution in [-0.2, 0) is 14.3 Å². The van der Waals surface area contributed by atoms with Crippen LogP contribution in [0.25, 0.3) is 10.4 Å². The molecule has 0 unspecified atom stereocenters. The average molecular weight is 445 g/mol. The summed E-state index contributed by atoms with van der Waals surface area (Å²) in [5.74, 6) is -1.67. The minimum atomic E-state index is -0.603. The maximum atomic E-state index is 12.4. The standard InChI is InChI=1S/C21H20N2O5S2/c1-4-27-21(26)19-15(10-16(30-19)14-8-6-5-7-9-14)23-17(24)11-28-20(25)18-12(2)22-13(3)29-18/h5-10H,4,11H2,1-3H3,(H,23,24). The van der Waals surface area contributed by atoms with E-state index in [2.05, 4.69) is 10.3 Å². The third-order valence-electron chi connectivity index (χ3n) is 3.95. The Balaban J connectivity index is 1.73. The number of hydrogen-bond acceptors (Lipinski definition) is 8. The lowest BCUT2D eigenvalue weighted by atomic mass is 10.2. The molecule has 0 bridgehead atoms. The van der Waals surface area contributed by atoms with Gasteiger partial charge in [0.05, 0.1) is 23.0 Å². The van der Waals surface area contributed by atoms with Gasteiger partial charge in [-0.3, -0.25) is 4.79 Å². The zero-order chi connectivity index (χ0) is 21.7. The monoisotopic (exact) mass is 444 g/mol. The van der Waals surface area contributed by atoms with Crippen LogP contribution in [0.15, 0.2) is 36.4 Å². The molecule has 30 heavy (non-hydrogen) atoms. The first kappa shape index (κ1) is 21.7. The summed E-state index contributed by atoms with van der Waals surface area (Å²) in [6.07, 6.45) is 0. The number of nitrogens with zero attached hydrogens (tertiary/aromatic N) is 1. The Morgan fingerprint density at radius 3 is 2.33 bits per heavy atom. The highest BCUT2D eigenvalue weighted by molar-refractivity contribution is 7.18. The summed E-state index contributed by atoms with van der Waals surface area (Å²) in [5.41, 5.74) is 1.80. The fourth-order valence-corrected chi connectivity index (χ4v) is 4.51. The molecule has 3 rings (SSSR count). The molecule has 1 aromatic carbocycles. The number of rotatable bonds is 7. The summed E-state index contributed by atoms with van der Waals surface area (Å²) >= 11 is 2.44. The Morgan fingerprint density at radius 1 is 1.00 bits per heavy atom. The Bertz CT molecular complexity index is 1070. The predicted octanol–water partition coefficient (Wildman–Crippen LogP) is 4.46. The SMILES string of the molecule is CCOC(=O)c1sc(-c2ccccc2)cc1NC(=O)COC(=O)c1sc(C)nc1C. The summed E-state index contributed by atoms with van der Waals surface area (Å²) in [4.78, 5) is 42.5. The number of nitrogens with one attached hydrogen (secondary N) is 1. The maximum Gasteiger partial charge on any atom is 0.350 e. The van der Waals surface area contributed by atoms with Gasteiger partial charge in [-0.25, -0.2) is 14.6 Å². The van der Waals surface area contributed by atoms with Crippen LogP contribution in [-0.4, -0.2) is 36.0 Å². The quantitative estimate of drug-likeness (QED) is 0.541. The molecule has 1 N–H and O–H groups in total. The first-order valence-corrected chi connectivity index (χ1v) is 10.8. The van der Waals surface area contributed by atoms with Gasteiger partial charge in [0.1, 0.15) is 9.75 Å². The van der Waals surface area contributed by atoms with Crippen molar-refractivity contribution in [2.24, 2.45) is 0 Å². The summed E-state index contributed by atoms with van der Waals surface area (Å²) in [6, 6.07) is 11.2. The van der Waals surface area contributed by atoms with Crippen LogP contribution in [0.1, 0.15) is 37.0 Å². The summed E-state index contributed by atoms with van der Waals surface area (Å²) in [7, 11) is 0. The summed E-state index contributed by atoms with van der Waals surface area (Å²) in [6.45, 7) is 4.95. The van der Waals surface area contributed by atoms with E-state index in [1.807, 2.05) is 30.3 Å². The minimum absolute atomic E-state index is 0.218. The van der Waals surface area contributed by atoms with E-state index in [4.69, 9.17) is 9.47 Å². The van der Waals surface area contributed by atoms with Crippen LogP contribution >= 0.6 is 22.7 Å². The van der Waals surface area contributed by atoms with Crippen LogP contribution in [0, 0.1) is 13.8 Å². The van der Waals surface area contributed by atoms with Gasteiger partial charge in [-0.15, -0.1) is 22.7 Å². The van der Waals surface area contributed by atoms with Crippen molar-refractivity contribution in [3.63, 3.8) is 0 Å². The predicted molar refractivity (Wildman–Crippen MR) is 116 cm³/mol.